The van der Waals surface area contributed by atoms with Gasteiger partial charge in [0.25, 0.3) is 0 Å². The highest BCUT2D eigenvalue weighted by Gasteiger charge is 2.13. The maximum Gasteiger partial charge on any atom is 0.122 e. The normalized spacial score (nSPS) is 14.9. The summed E-state index contributed by atoms with van der Waals surface area (Å²) in [5, 5.41) is 0. The minimum absolute atomic E-state index is 0.885. The second kappa shape index (κ2) is 4.18. The van der Waals surface area contributed by atoms with E-state index in [-0.39, 0.29) is 0 Å². The third kappa shape index (κ3) is 2.01. The van der Waals surface area contributed by atoms with Crippen LogP contribution in [0.15, 0.2) is 66.0 Å². The highest BCUT2D eigenvalue weighted by molar-refractivity contribution is 5.51. The third-order valence-corrected chi connectivity index (χ3v) is 2.56. The molecule has 1 aromatic carbocycles. The molecular weight excluding hydrogens is 184 g/mol. The van der Waals surface area contributed by atoms with Gasteiger partial charge in [-0.2, -0.15) is 0 Å². The lowest BCUT2D eigenvalue weighted by molar-refractivity contribution is 0.304. The standard InChI is InChI=1S/C14H14O/c1-11-8-9-14(15-2)13(11)10-12-6-4-3-5-7-12/h3-9H,1,10H2,2H3. The predicted molar refractivity (Wildman–Crippen MR) is 62.5 cm³/mol. The maximum atomic E-state index is 5.30. The van der Waals surface area contributed by atoms with E-state index in [0.717, 1.165) is 17.8 Å². The van der Waals surface area contributed by atoms with Gasteiger partial charge in [0.2, 0.25) is 0 Å². The zero-order valence-electron chi connectivity index (χ0n) is 8.86. The molecule has 1 heteroatoms. The first-order valence-electron chi connectivity index (χ1n) is 4.99. The van der Waals surface area contributed by atoms with Gasteiger partial charge in [-0.25, -0.2) is 0 Å². The summed E-state index contributed by atoms with van der Waals surface area (Å²) in [6.45, 7) is 4.01. The number of hydrogen-bond acceptors (Lipinski definition) is 1. The van der Waals surface area contributed by atoms with Crippen LogP contribution < -0.4 is 0 Å². The Bertz CT molecular complexity index is 424. The van der Waals surface area contributed by atoms with E-state index in [1.807, 2.05) is 30.4 Å². The zero-order valence-corrected chi connectivity index (χ0v) is 8.86. The second-order valence-corrected chi connectivity index (χ2v) is 3.57. The molecule has 1 aliphatic rings. The van der Waals surface area contributed by atoms with Gasteiger partial charge in [0, 0.05) is 12.0 Å². The Morgan fingerprint density at radius 2 is 1.87 bits per heavy atom. The van der Waals surface area contributed by atoms with Crippen LogP contribution in [0.3, 0.4) is 0 Å². The number of rotatable bonds is 3. The van der Waals surface area contributed by atoms with E-state index < -0.39 is 0 Å². The highest BCUT2D eigenvalue weighted by Crippen LogP contribution is 2.26. The predicted octanol–water partition coefficient (Wildman–Crippen LogP) is 3.26. The van der Waals surface area contributed by atoms with Gasteiger partial charge in [0.1, 0.15) is 5.76 Å². The van der Waals surface area contributed by atoms with Gasteiger partial charge < -0.3 is 4.74 Å². The van der Waals surface area contributed by atoms with Crippen LogP contribution in [0.1, 0.15) is 5.56 Å². The molecule has 0 atom stereocenters. The number of methoxy groups -OCH3 is 1. The SMILES string of the molecule is C=C1C=CC(OC)=C1Cc1ccccc1. The van der Waals surface area contributed by atoms with Crippen LogP contribution in [-0.4, -0.2) is 7.11 Å². The van der Waals surface area contributed by atoms with Crippen LogP contribution in [0, 0.1) is 0 Å². The first kappa shape index (κ1) is 9.78. The molecule has 0 radical (unpaired) electrons. The van der Waals surface area contributed by atoms with E-state index in [0.29, 0.717) is 0 Å². The summed E-state index contributed by atoms with van der Waals surface area (Å²) in [7, 11) is 1.70. The Hall–Kier alpha value is -1.76. The van der Waals surface area contributed by atoms with Crippen molar-refractivity contribution in [2.24, 2.45) is 0 Å². The van der Waals surface area contributed by atoms with Gasteiger partial charge in [0.15, 0.2) is 0 Å². The van der Waals surface area contributed by atoms with Crippen LogP contribution in [-0.2, 0) is 11.2 Å². The minimum Gasteiger partial charge on any atom is -0.496 e. The molecule has 2 rings (SSSR count). The summed E-state index contributed by atoms with van der Waals surface area (Å²) in [4.78, 5) is 0. The fraction of sp³-hybridized carbons (Fsp3) is 0.143. The monoisotopic (exact) mass is 198 g/mol. The van der Waals surface area contributed by atoms with Crippen LogP contribution in [0.2, 0.25) is 0 Å². The van der Waals surface area contributed by atoms with E-state index >= 15 is 0 Å². The molecule has 0 N–H and O–H groups in total. The van der Waals surface area contributed by atoms with Gasteiger partial charge in [-0.05, 0) is 17.2 Å². The number of benzene rings is 1. The Kier molecular flexibility index (Phi) is 2.72. The molecule has 0 heterocycles. The molecule has 0 spiro atoms. The Morgan fingerprint density at radius 1 is 1.13 bits per heavy atom. The Balaban J connectivity index is 2.23. The molecule has 0 saturated carbocycles. The van der Waals surface area contributed by atoms with Crippen molar-refractivity contribution in [1.82, 2.24) is 0 Å². The average molecular weight is 198 g/mol. The molecule has 0 aromatic heterocycles. The van der Waals surface area contributed by atoms with E-state index in [4.69, 9.17) is 4.74 Å². The van der Waals surface area contributed by atoms with E-state index in [2.05, 4.69) is 18.7 Å². The average Bonchev–Trinajstić information content (AvgIpc) is 2.62. The molecule has 1 nitrogen and oxygen atoms in total. The molecule has 0 fully saturated rings. The van der Waals surface area contributed by atoms with Crippen molar-refractivity contribution in [2.75, 3.05) is 7.11 Å². The van der Waals surface area contributed by atoms with E-state index in [1.165, 1.54) is 11.1 Å². The van der Waals surface area contributed by atoms with Gasteiger partial charge in [-0.3, -0.25) is 0 Å². The van der Waals surface area contributed by atoms with Crippen molar-refractivity contribution in [2.45, 2.75) is 6.42 Å². The fourth-order valence-electron chi connectivity index (χ4n) is 1.73. The lowest BCUT2D eigenvalue weighted by Gasteiger charge is -2.07. The second-order valence-electron chi connectivity index (χ2n) is 3.57. The fourth-order valence-corrected chi connectivity index (χ4v) is 1.73. The number of ether oxygens (including phenoxy) is 1. The van der Waals surface area contributed by atoms with Gasteiger partial charge in [-0.1, -0.05) is 43.0 Å². The van der Waals surface area contributed by atoms with Crippen molar-refractivity contribution in [1.29, 1.82) is 0 Å². The zero-order chi connectivity index (χ0) is 10.7. The molecule has 0 aliphatic heterocycles. The van der Waals surface area contributed by atoms with Crippen molar-refractivity contribution < 1.29 is 4.74 Å². The van der Waals surface area contributed by atoms with Gasteiger partial charge >= 0.3 is 0 Å². The van der Waals surface area contributed by atoms with Crippen LogP contribution >= 0.6 is 0 Å². The smallest absolute Gasteiger partial charge is 0.122 e. The van der Waals surface area contributed by atoms with Gasteiger partial charge in [-0.15, -0.1) is 0 Å². The van der Waals surface area contributed by atoms with Crippen LogP contribution in [0.4, 0.5) is 0 Å². The van der Waals surface area contributed by atoms with Crippen molar-refractivity contribution in [3.05, 3.63) is 71.5 Å². The third-order valence-electron chi connectivity index (χ3n) is 2.56. The van der Waals surface area contributed by atoms with Crippen molar-refractivity contribution in [3.63, 3.8) is 0 Å². The topological polar surface area (TPSA) is 9.23 Å². The summed E-state index contributed by atoms with van der Waals surface area (Å²) in [6, 6.07) is 10.4. The summed E-state index contributed by atoms with van der Waals surface area (Å²) in [5.41, 5.74) is 3.52. The molecular formula is C14H14O. The minimum atomic E-state index is 0.885. The summed E-state index contributed by atoms with van der Waals surface area (Å²) >= 11 is 0. The van der Waals surface area contributed by atoms with Crippen LogP contribution in [0.5, 0.6) is 0 Å². The Labute approximate surface area is 90.4 Å². The van der Waals surface area contributed by atoms with E-state index in [9.17, 15) is 0 Å². The van der Waals surface area contributed by atoms with Crippen molar-refractivity contribution in [3.8, 4) is 0 Å². The summed E-state index contributed by atoms with van der Waals surface area (Å²) in [5.74, 6) is 0.934. The molecule has 1 aliphatic carbocycles. The molecule has 0 unspecified atom stereocenters. The molecule has 0 bridgehead atoms. The molecule has 15 heavy (non-hydrogen) atoms. The highest BCUT2D eigenvalue weighted by atomic mass is 16.5. The summed E-state index contributed by atoms with van der Waals surface area (Å²) < 4.78 is 5.30. The quantitative estimate of drug-likeness (QED) is 0.724. The van der Waals surface area contributed by atoms with Gasteiger partial charge in [0.05, 0.1) is 7.11 Å². The molecule has 0 saturated heterocycles. The largest absolute Gasteiger partial charge is 0.496 e. The lowest BCUT2D eigenvalue weighted by Crippen LogP contribution is -1.94. The maximum absolute atomic E-state index is 5.30. The van der Waals surface area contributed by atoms with Crippen molar-refractivity contribution >= 4 is 0 Å². The summed E-state index contributed by atoms with van der Waals surface area (Å²) in [6.07, 6.45) is 4.85. The number of hydrogen-bond donors (Lipinski definition) is 0. The van der Waals surface area contributed by atoms with Crippen LogP contribution in [0.25, 0.3) is 0 Å². The first-order valence-corrected chi connectivity index (χ1v) is 4.99. The molecule has 0 amide bonds. The lowest BCUT2D eigenvalue weighted by atomic mass is 10.0. The Morgan fingerprint density at radius 3 is 2.53 bits per heavy atom. The number of allylic oxidation sites excluding steroid dienone is 4. The van der Waals surface area contributed by atoms with E-state index in [1.54, 1.807) is 7.11 Å². The first-order chi connectivity index (χ1) is 7.31. The molecule has 76 valence electrons. The molecule has 1 aromatic rings.